The lowest BCUT2D eigenvalue weighted by Gasteiger charge is -2.23. The SMILES string of the molecule is C#Cc1cnc(Nc2cc(NCC3CCCCC3)c(-c3cccc(S(C)(=O)=O)c3)cn2)cn1. The average molecular weight is 462 g/mol. The minimum absolute atomic E-state index is 0.282. The molecule has 0 atom stereocenters. The van der Waals surface area contributed by atoms with Crippen LogP contribution in [0.3, 0.4) is 0 Å². The normalized spacial score (nSPS) is 14.4. The Kier molecular flexibility index (Phi) is 6.90. The maximum absolute atomic E-state index is 12.1. The van der Waals surface area contributed by atoms with Gasteiger partial charge in [0.05, 0.1) is 17.3 Å². The van der Waals surface area contributed by atoms with Crippen molar-refractivity contribution in [3.8, 4) is 23.5 Å². The summed E-state index contributed by atoms with van der Waals surface area (Å²) in [7, 11) is -3.31. The summed E-state index contributed by atoms with van der Waals surface area (Å²) in [6, 6.07) is 8.87. The fourth-order valence-electron chi connectivity index (χ4n) is 4.04. The van der Waals surface area contributed by atoms with Crippen molar-refractivity contribution in [2.45, 2.75) is 37.0 Å². The van der Waals surface area contributed by atoms with Crippen LogP contribution in [0.15, 0.2) is 53.8 Å². The topological polar surface area (TPSA) is 96.9 Å². The van der Waals surface area contributed by atoms with E-state index in [2.05, 4.69) is 31.5 Å². The van der Waals surface area contributed by atoms with Gasteiger partial charge in [0.2, 0.25) is 0 Å². The van der Waals surface area contributed by atoms with Gasteiger partial charge in [0.25, 0.3) is 0 Å². The van der Waals surface area contributed by atoms with Crippen molar-refractivity contribution < 1.29 is 8.42 Å². The second-order valence-electron chi connectivity index (χ2n) is 8.36. The van der Waals surface area contributed by atoms with Crippen molar-refractivity contribution in [3.05, 3.63) is 54.6 Å². The largest absolute Gasteiger partial charge is 0.384 e. The number of hydrogen-bond acceptors (Lipinski definition) is 7. The lowest BCUT2D eigenvalue weighted by atomic mass is 9.89. The van der Waals surface area contributed by atoms with E-state index in [4.69, 9.17) is 6.42 Å². The minimum atomic E-state index is -3.31. The second-order valence-corrected chi connectivity index (χ2v) is 10.4. The highest BCUT2D eigenvalue weighted by atomic mass is 32.2. The number of sulfone groups is 1. The van der Waals surface area contributed by atoms with Crippen molar-refractivity contribution in [1.82, 2.24) is 15.0 Å². The van der Waals surface area contributed by atoms with E-state index in [1.807, 2.05) is 12.1 Å². The van der Waals surface area contributed by atoms with Crippen LogP contribution in [-0.4, -0.2) is 36.2 Å². The van der Waals surface area contributed by atoms with Crippen LogP contribution in [0.1, 0.15) is 37.8 Å². The molecule has 1 fully saturated rings. The predicted octanol–water partition coefficient (Wildman–Crippen LogP) is 4.66. The van der Waals surface area contributed by atoms with Gasteiger partial charge >= 0.3 is 0 Å². The molecule has 0 unspecified atom stereocenters. The van der Waals surface area contributed by atoms with Crippen LogP contribution in [0.25, 0.3) is 11.1 Å². The molecule has 1 saturated carbocycles. The third kappa shape index (κ3) is 5.88. The summed E-state index contributed by atoms with van der Waals surface area (Å²) in [6.07, 6.45) is 17.7. The van der Waals surface area contributed by atoms with Crippen LogP contribution < -0.4 is 10.6 Å². The number of nitrogens with one attached hydrogen (secondary N) is 2. The van der Waals surface area contributed by atoms with Crippen molar-refractivity contribution in [2.24, 2.45) is 5.92 Å². The van der Waals surface area contributed by atoms with Gasteiger partial charge in [-0.05, 0) is 42.4 Å². The highest BCUT2D eigenvalue weighted by Gasteiger charge is 2.16. The Morgan fingerprint density at radius 1 is 1.03 bits per heavy atom. The third-order valence-electron chi connectivity index (χ3n) is 5.84. The Bertz CT molecular complexity index is 1260. The minimum Gasteiger partial charge on any atom is -0.384 e. The molecule has 2 N–H and O–H groups in total. The van der Waals surface area contributed by atoms with Crippen molar-refractivity contribution in [2.75, 3.05) is 23.4 Å². The first kappa shape index (κ1) is 22.7. The Morgan fingerprint density at radius 2 is 1.82 bits per heavy atom. The monoisotopic (exact) mass is 461 g/mol. The van der Waals surface area contributed by atoms with Gasteiger partial charge in [-0.1, -0.05) is 31.4 Å². The Morgan fingerprint density at radius 3 is 2.52 bits per heavy atom. The number of nitrogens with zero attached hydrogens (tertiary/aromatic N) is 3. The zero-order valence-electron chi connectivity index (χ0n) is 18.6. The van der Waals surface area contributed by atoms with Gasteiger partial charge in [-0.15, -0.1) is 6.42 Å². The molecular formula is C25H27N5O2S. The molecule has 8 heteroatoms. The van der Waals surface area contributed by atoms with Crippen molar-refractivity contribution in [1.29, 1.82) is 0 Å². The lowest BCUT2D eigenvalue weighted by Crippen LogP contribution is -2.17. The molecule has 170 valence electrons. The van der Waals surface area contributed by atoms with Gasteiger partial charge in [-0.3, -0.25) is 0 Å². The van der Waals surface area contributed by atoms with Gasteiger partial charge < -0.3 is 10.6 Å². The number of aromatic nitrogens is 3. The molecule has 1 aromatic carbocycles. The lowest BCUT2D eigenvalue weighted by molar-refractivity contribution is 0.373. The van der Waals surface area contributed by atoms with Crippen molar-refractivity contribution >= 4 is 27.2 Å². The summed E-state index contributed by atoms with van der Waals surface area (Å²) in [5, 5.41) is 6.75. The first-order valence-electron chi connectivity index (χ1n) is 11.0. The number of hydrogen-bond donors (Lipinski definition) is 2. The van der Waals surface area contributed by atoms with Crippen LogP contribution in [0.4, 0.5) is 17.3 Å². The van der Waals surface area contributed by atoms with Gasteiger partial charge in [-0.2, -0.15) is 0 Å². The molecule has 3 aromatic rings. The van der Waals surface area contributed by atoms with E-state index in [9.17, 15) is 8.42 Å². The molecule has 0 aliphatic heterocycles. The van der Waals surface area contributed by atoms with E-state index in [0.29, 0.717) is 23.2 Å². The van der Waals surface area contributed by atoms with Crippen LogP contribution in [0.5, 0.6) is 0 Å². The number of pyridine rings is 1. The molecular weight excluding hydrogens is 434 g/mol. The highest BCUT2D eigenvalue weighted by Crippen LogP contribution is 2.32. The summed E-state index contributed by atoms with van der Waals surface area (Å²) >= 11 is 0. The first-order chi connectivity index (χ1) is 15.9. The van der Waals surface area contributed by atoms with E-state index in [-0.39, 0.29) is 4.90 Å². The molecule has 33 heavy (non-hydrogen) atoms. The van der Waals surface area contributed by atoms with E-state index in [1.165, 1.54) is 44.6 Å². The quantitative estimate of drug-likeness (QED) is 0.494. The standard InChI is InChI=1S/C25H27N5O2S/c1-3-20-15-28-25(17-26-20)30-24-13-23(27-14-18-8-5-4-6-9-18)22(16-29-24)19-10-7-11-21(12-19)33(2,31)32/h1,7,10-13,15-18H,4-6,8-9,14H2,2H3,(H2,27,28,29,30). The fourth-order valence-corrected chi connectivity index (χ4v) is 4.70. The second kappa shape index (κ2) is 10.0. The van der Waals surface area contributed by atoms with E-state index >= 15 is 0 Å². The molecule has 0 saturated heterocycles. The maximum Gasteiger partial charge on any atom is 0.175 e. The summed E-state index contributed by atoms with van der Waals surface area (Å²) in [5.74, 6) is 4.21. The van der Waals surface area contributed by atoms with Gasteiger partial charge in [-0.25, -0.2) is 23.4 Å². The molecule has 1 aliphatic rings. The van der Waals surface area contributed by atoms with Gasteiger partial charge in [0.15, 0.2) is 9.84 Å². The van der Waals surface area contributed by atoms with Crippen LogP contribution in [0.2, 0.25) is 0 Å². The third-order valence-corrected chi connectivity index (χ3v) is 6.95. The average Bonchev–Trinajstić information content (AvgIpc) is 2.83. The Labute approximate surface area is 195 Å². The molecule has 0 bridgehead atoms. The van der Waals surface area contributed by atoms with Crippen molar-refractivity contribution in [3.63, 3.8) is 0 Å². The molecule has 7 nitrogen and oxygen atoms in total. The first-order valence-corrected chi connectivity index (χ1v) is 12.9. The molecule has 2 aromatic heterocycles. The number of terminal acetylenes is 1. The number of anilines is 3. The van der Waals surface area contributed by atoms with E-state index in [0.717, 1.165) is 23.4 Å². The van der Waals surface area contributed by atoms with E-state index in [1.54, 1.807) is 30.6 Å². The molecule has 0 amide bonds. The van der Waals surface area contributed by atoms with Crippen LogP contribution >= 0.6 is 0 Å². The molecule has 0 spiro atoms. The smallest absolute Gasteiger partial charge is 0.175 e. The van der Waals surface area contributed by atoms with E-state index < -0.39 is 9.84 Å². The molecule has 2 heterocycles. The Hall–Kier alpha value is -3.44. The summed E-state index contributed by atoms with van der Waals surface area (Å²) in [6.45, 7) is 0.860. The molecule has 4 rings (SSSR count). The predicted molar refractivity (Wildman–Crippen MR) is 131 cm³/mol. The molecule has 1 aliphatic carbocycles. The number of rotatable bonds is 7. The summed E-state index contributed by atoms with van der Waals surface area (Å²) < 4.78 is 24.1. The maximum atomic E-state index is 12.1. The van der Waals surface area contributed by atoms with Crippen LogP contribution in [-0.2, 0) is 9.84 Å². The fraction of sp³-hybridized carbons (Fsp3) is 0.320. The summed E-state index contributed by atoms with van der Waals surface area (Å²) in [4.78, 5) is 13.2. The highest BCUT2D eigenvalue weighted by molar-refractivity contribution is 7.90. The van der Waals surface area contributed by atoms with Crippen LogP contribution in [0, 0.1) is 18.3 Å². The van der Waals surface area contributed by atoms with Gasteiger partial charge in [0, 0.05) is 36.3 Å². The zero-order chi connectivity index (χ0) is 23.3. The zero-order valence-corrected chi connectivity index (χ0v) is 19.4. The molecule has 0 radical (unpaired) electrons. The Balaban J connectivity index is 1.65. The summed E-state index contributed by atoms with van der Waals surface area (Å²) in [5.41, 5.74) is 2.98. The van der Waals surface area contributed by atoms with Gasteiger partial charge in [0.1, 0.15) is 17.3 Å². The number of benzene rings is 1.